The number of benzene rings is 1. The van der Waals surface area contributed by atoms with Crippen molar-refractivity contribution in [1.29, 1.82) is 0 Å². The second-order valence-electron chi connectivity index (χ2n) is 5.18. The number of nitrogens with zero attached hydrogens (tertiary/aromatic N) is 1. The summed E-state index contributed by atoms with van der Waals surface area (Å²) in [5, 5.41) is 0.102. The lowest BCUT2D eigenvalue weighted by Gasteiger charge is -2.21. The van der Waals surface area contributed by atoms with Gasteiger partial charge in [0.2, 0.25) is 0 Å². The standard InChI is InChI=1S/C13H16ClFN2/c14-10-4-12(16)13(5-11(10)15)17-6-8-2-1-3-9(8)7-17/h4-5,8-9H,1-3,6-7,16H2. The number of fused-ring (bicyclic) bond motifs is 1. The molecule has 92 valence electrons. The Hall–Kier alpha value is -0.960. The molecule has 0 aromatic heterocycles. The molecule has 1 heterocycles. The third kappa shape index (κ3) is 1.86. The van der Waals surface area contributed by atoms with Gasteiger partial charge in [0.1, 0.15) is 5.82 Å². The maximum Gasteiger partial charge on any atom is 0.144 e. The Labute approximate surface area is 106 Å². The Balaban J connectivity index is 1.88. The van der Waals surface area contributed by atoms with Gasteiger partial charge in [-0.3, -0.25) is 0 Å². The van der Waals surface area contributed by atoms with Crippen LogP contribution < -0.4 is 10.6 Å². The quantitative estimate of drug-likeness (QED) is 0.780. The van der Waals surface area contributed by atoms with E-state index in [4.69, 9.17) is 17.3 Å². The van der Waals surface area contributed by atoms with Gasteiger partial charge >= 0.3 is 0 Å². The molecule has 1 aromatic rings. The molecule has 0 amide bonds. The number of hydrogen-bond donors (Lipinski definition) is 1. The predicted octanol–water partition coefficient (Wildman–Crippen LogP) is 3.30. The fourth-order valence-electron chi connectivity index (χ4n) is 3.26. The highest BCUT2D eigenvalue weighted by Gasteiger charge is 2.36. The van der Waals surface area contributed by atoms with Crippen molar-refractivity contribution >= 4 is 23.0 Å². The van der Waals surface area contributed by atoms with Gasteiger partial charge in [0.25, 0.3) is 0 Å². The van der Waals surface area contributed by atoms with Crippen LogP contribution in [0.5, 0.6) is 0 Å². The van der Waals surface area contributed by atoms with Crippen LogP contribution in [0.15, 0.2) is 12.1 Å². The van der Waals surface area contributed by atoms with Crippen LogP contribution in [0.3, 0.4) is 0 Å². The van der Waals surface area contributed by atoms with Gasteiger partial charge in [-0.15, -0.1) is 0 Å². The summed E-state index contributed by atoms with van der Waals surface area (Å²) in [4.78, 5) is 2.21. The highest BCUT2D eigenvalue weighted by atomic mass is 35.5. The predicted molar refractivity (Wildman–Crippen MR) is 68.9 cm³/mol. The van der Waals surface area contributed by atoms with Crippen LogP contribution in [0, 0.1) is 17.7 Å². The summed E-state index contributed by atoms with van der Waals surface area (Å²) in [7, 11) is 0. The smallest absolute Gasteiger partial charge is 0.144 e. The highest BCUT2D eigenvalue weighted by molar-refractivity contribution is 6.31. The number of rotatable bonds is 1. The van der Waals surface area contributed by atoms with Crippen LogP contribution >= 0.6 is 11.6 Å². The van der Waals surface area contributed by atoms with Crippen LogP contribution in [0.1, 0.15) is 19.3 Å². The third-order valence-corrected chi connectivity index (χ3v) is 4.43. The molecule has 3 rings (SSSR count). The first-order valence-electron chi connectivity index (χ1n) is 6.14. The number of anilines is 2. The Bertz CT molecular complexity index is 437. The van der Waals surface area contributed by atoms with E-state index in [1.807, 2.05) is 0 Å². The Kier molecular flexibility index (Phi) is 2.66. The molecule has 1 saturated carbocycles. The van der Waals surface area contributed by atoms with E-state index in [2.05, 4.69) is 4.90 Å². The lowest BCUT2D eigenvalue weighted by Crippen LogP contribution is -2.22. The van der Waals surface area contributed by atoms with Crippen molar-refractivity contribution in [2.24, 2.45) is 11.8 Å². The van der Waals surface area contributed by atoms with Gasteiger partial charge in [0, 0.05) is 19.2 Å². The number of hydrogen-bond acceptors (Lipinski definition) is 2. The van der Waals surface area contributed by atoms with Gasteiger partial charge < -0.3 is 10.6 Å². The molecule has 2 atom stereocenters. The van der Waals surface area contributed by atoms with Crippen molar-refractivity contribution in [1.82, 2.24) is 0 Å². The van der Waals surface area contributed by atoms with Gasteiger partial charge in [-0.2, -0.15) is 0 Å². The Morgan fingerprint density at radius 3 is 2.53 bits per heavy atom. The van der Waals surface area contributed by atoms with Crippen LogP contribution in [-0.2, 0) is 0 Å². The molecule has 0 spiro atoms. The van der Waals surface area contributed by atoms with E-state index in [-0.39, 0.29) is 10.8 Å². The molecule has 2 fully saturated rings. The molecule has 1 aliphatic heterocycles. The number of nitrogens with two attached hydrogens (primary N) is 1. The van der Waals surface area contributed by atoms with E-state index in [1.54, 1.807) is 0 Å². The first-order valence-corrected chi connectivity index (χ1v) is 6.52. The first-order chi connectivity index (χ1) is 8.15. The molecule has 17 heavy (non-hydrogen) atoms. The summed E-state index contributed by atoms with van der Waals surface area (Å²) in [6.45, 7) is 2.02. The van der Waals surface area contributed by atoms with E-state index in [9.17, 15) is 4.39 Å². The molecule has 2 N–H and O–H groups in total. The van der Waals surface area contributed by atoms with E-state index < -0.39 is 0 Å². The fraction of sp³-hybridized carbons (Fsp3) is 0.538. The van der Waals surface area contributed by atoms with Crippen molar-refractivity contribution in [3.8, 4) is 0 Å². The molecule has 2 nitrogen and oxygen atoms in total. The van der Waals surface area contributed by atoms with Gasteiger partial charge in [-0.05, 0) is 30.7 Å². The second kappa shape index (κ2) is 4.05. The zero-order valence-electron chi connectivity index (χ0n) is 9.63. The first kappa shape index (κ1) is 11.1. The number of nitrogen functional groups attached to an aromatic ring is 1. The molecule has 0 bridgehead atoms. The Morgan fingerprint density at radius 1 is 1.24 bits per heavy atom. The van der Waals surface area contributed by atoms with Crippen molar-refractivity contribution in [3.63, 3.8) is 0 Å². The largest absolute Gasteiger partial charge is 0.397 e. The van der Waals surface area contributed by atoms with Crippen molar-refractivity contribution in [2.75, 3.05) is 23.7 Å². The zero-order chi connectivity index (χ0) is 12.0. The van der Waals surface area contributed by atoms with Crippen molar-refractivity contribution in [2.45, 2.75) is 19.3 Å². The van der Waals surface area contributed by atoms with E-state index in [0.29, 0.717) is 5.69 Å². The molecule has 1 aliphatic carbocycles. The van der Waals surface area contributed by atoms with E-state index >= 15 is 0 Å². The summed E-state index contributed by atoms with van der Waals surface area (Å²) in [6.07, 6.45) is 3.95. The Morgan fingerprint density at radius 2 is 1.88 bits per heavy atom. The van der Waals surface area contributed by atoms with Crippen LogP contribution in [0.2, 0.25) is 5.02 Å². The molecule has 4 heteroatoms. The summed E-state index contributed by atoms with van der Waals surface area (Å²) in [5.41, 5.74) is 7.31. The SMILES string of the molecule is Nc1cc(Cl)c(F)cc1N1CC2CCCC2C1. The highest BCUT2D eigenvalue weighted by Crippen LogP contribution is 2.41. The number of halogens is 2. The fourth-order valence-corrected chi connectivity index (χ4v) is 3.43. The van der Waals surface area contributed by atoms with E-state index in [0.717, 1.165) is 30.6 Å². The molecule has 1 saturated heterocycles. The summed E-state index contributed by atoms with van der Waals surface area (Å²) >= 11 is 5.71. The van der Waals surface area contributed by atoms with Gasteiger partial charge in [-0.1, -0.05) is 18.0 Å². The third-order valence-electron chi connectivity index (χ3n) is 4.14. The molecule has 0 radical (unpaired) electrons. The maximum absolute atomic E-state index is 13.5. The molecule has 2 unspecified atom stereocenters. The van der Waals surface area contributed by atoms with Gasteiger partial charge in [0.05, 0.1) is 16.4 Å². The minimum Gasteiger partial charge on any atom is -0.397 e. The van der Waals surface area contributed by atoms with Crippen molar-refractivity contribution in [3.05, 3.63) is 23.0 Å². The van der Waals surface area contributed by atoms with Crippen LogP contribution in [0.4, 0.5) is 15.8 Å². The van der Waals surface area contributed by atoms with Crippen molar-refractivity contribution < 1.29 is 4.39 Å². The molecule has 1 aromatic carbocycles. The average Bonchev–Trinajstić information content (AvgIpc) is 2.83. The maximum atomic E-state index is 13.5. The van der Waals surface area contributed by atoms with E-state index in [1.165, 1.54) is 31.4 Å². The monoisotopic (exact) mass is 254 g/mol. The minimum absolute atomic E-state index is 0.102. The molecule has 2 aliphatic rings. The van der Waals surface area contributed by atoms with Gasteiger partial charge in [0.15, 0.2) is 0 Å². The second-order valence-corrected chi connectivity index (χ2v) is 5.59. The van der Waals surface area contributed by atoms with Crippen LogP contribution in [0.25, 0.3) is 0 Å². The molecular formula is C13H16ClFN2. The molecular weight excluding hydrogens is 239 g/mol. The lowest BCUT2D eigenvalue weighted by atomic mass is 10.0. The lowest BCUT2D eigenvalue weighted by molar-refractivity contribution is 0.494. The van der Waals surface area contributed by atoms with Crippen LogP contribution in [-0.4, -0.2) is 13.1 Å². The minimum atomic E-state index is -0.382. The average molecular weight is 255 g/mol. The normalized spacial score (nSPS) is 27.5. The summed E-state index contributed by atoms with van der Waals surface area (Å²) in [5.74, 6) is 1.16. The zero-order valence-corrected chi connectivity index (χ0v) is 10.4. The van der Waals surface area contributed by atoms with Gasteiger partial charge in [-0.25, -0.2) is 4.39 Å². The topological polar surface area (TPSA) is 29.3 Å². The summed E-state index contributed by atoms with van der Waals surface area (Å²) in [6, 6.07) is 2.99. The summed E-state index contributed by atoms with van der Waals surface area (Å²) < 4.78 is 13.5.